The van der Waals surface area contributed by atoms with Gasteiger partial charge in [0.2, 0.25) is 11.8 Å². The number of ether oxygens (including phenoxy) is 1. The van der Waals surface area contributed by atoms with Crippen molar-refractivity contribution in [3.63, 3.8) is 0 Å². The maximum atomic E-state index is 13.0. The predicted molar refractivity (Wildman–Crippen MR) is 98.8 cm³/mol. The van der Waals surface area contributed by atoms with Gasteiger partial charge in [0.1, 0.15) is 0 Å². The van der Waals surface area contributed by atoms with E-state index in [1.807, 2.05) is 28.0 Å². The number of anilines is 1. The van der Waals surface area contributed by atoms with Gasteiger partial charge < -0.3 is 20.3 Å². The van der Waals surface area contributed by atoms with Gasteiger partial charge in [0.25, 0.3) is 0 Å². The van der Waals surface area contributed by atoms with Crippen molar-refractivity contribution in [1.29, 1.82) is 0 Å². The van der Waals surface area contributed by atoms with E-state index in [4.69, 9.17) is 10.5 Å². The Labute approximate surface area is 154 Å². The Bertz CT molecular complexity index is 691. The molecule has 3 heterocycles. The molecular formula is C20H27N3O3. The van der Waals surface area contributed by atoms with Crippen LogP contribution in [0, 0.1) is 5.92 Å². The van der Waals surface area contributed by atoms with Crippen LogP contribution >= 0.6 is 0 Å². The van der Waals surface area contributed by atoms with E-state index >= 15 is 0 Å². The second kappa shape index (κ2) is 7.00. The predicted octanol–water partition coefficient (Wildman–Crippen LogP) is 1.32. The molecule has 4 rings (SSSR count). The van der Waals surface area contributed by atoms with Crippen molar-refractivity contribution in [3.8, 4) is 0 Å². The van der Waals surface area contributed by atoms with Crippen molar-refractivity contribution in [2.45, 2.75) is 37.6 Å². The Morgan fingerprint density at radius 2 is 1.77 bits per heavy atom. The molecule has 2 saturated heterocycles. The molecule has 2 fully saturated rings. The van der Waals surface area contributed by atoms with Crippen LogP contribution < -0.4 is 10.6 Å². The number of nitrogens with zero attached hydrogens (tertiary/aromatic N) is 2. The van der Waals surface area contributed by atoms with Crippen LogP contribution in [0.3, 0.4) is 0 Å². The van der Waals surface area contributed by atoms with Crippen molar-refractivity contribution in [1.82, 2.24) is 4.90 Å². The lowest BCUT2D eigenvalue weighted by Crippen LogP contribution is -2.59. The van der Waals surface area contributed by atoms with Gasteiger partial charge in [0.15, 0.2) is 0 Å². The SMILES string of the molecule is NC1(C(=O)N2CCC(C(=O)N3CCc4ccccc43)CC2)CCOCC1. The number of benzene rings is 1. The highest BCUT2D eigenvalue weighted by Gasteiger charge is 2.41. The van der Waals surface area contributed by atoms with Crippen LogP contribution in [0.5, 0.6) is 0 Å². The van der Waals surface area contributed by atoms with E-state index < -0.39 is 5.54 Å². The minimum absolute atomic E-state index is 0.00591. The zero-order valence-corrected chi connectivity index (χ0v) is 15.2. The Morgan fingerprint density at radius 3 is 2.50 bits per heavy atom. The molecule has 0 saturated carbocycles. The number of hydrogen-bond acceptors (Lipinski definition) is 4. The lowest BCUT2D eigenvalue weighted by Gasteiger charge is -2.40. The summed E-state index contributed by atoms with van der Waals surface area (Å²) in [6.07, 6.45) is 3.52. The van der Waals surface area contributed by atoms with E-state index in [0.29, 0.717) is 39.1 Å². The first-order valence-corrected chi connectivity index (χ1v) is 9.64. The van der Waals surface area contributed by atoms with Crippen molar-refractivity contribution in [3.05, 3.63) is 29.8 Å². The number of rotatable bonds is 2. The summed E-state index contributed by atoms with van der Waals surface area (Å²) in [5, 5.41) is 0. The summed E-state index contributed by atoms with van der Waals surface area (Å²) in [5.74, 6) is 0.224. The van der Waals surface area contributed by atoms with Gasteiger partial charge in [-0.3, -0.25) is 9.59 Å². The van der Waals surface area contributed by atoms with Gasteiger partial charge in [-0.15, -0.1) is 0 Å². The lowest BCUT2D eigenvalue weighted by molar-refractivity contribution is -0.143. The van der Waals surface area contributed by atoms with E-state index in [9.17, 15) is 9.59 Å². The second-order valence-electron chi connectivity index (χ2n) is 7.70. The molecule has 6 heteroatoms. The third kappa shape index (κ3) is 3.12. The number of piperidine rings is 1. The topological polar surface area (TPSA) is 75.9 Å². The standard InChI is InChI=1S/C20H27N3O3/c21-20(8-13-26-14-9-20)19(25)22-10-5-16(6-11-22)18(24)23-12-7-15-3-1-2-4-17(15)23/h1-4,16H,5-14,21H2. The highest BCUT2D eigenvalue weighted by molar-refractivity contribution is 5.97. The molecular weight excluding hydrogens is 330 g/mol. The molecule has 26 heavy (non-hydrogen) atoms. The van der Waals surface area contributed by atoms with Crippen LogP contribution in [0.15, 0.2) is 24.3 Å². The number of likely N-dealkylation sites (tertiary alicyclic amines) is 1. The Hall–Kier alpha value is -1.92. The third-order valence-electron chi connectivity index (χ3n) is 6.10. The molecule has 3 aliphatic rings. The van der Waals surface area contributed by atoms with Crippen LogP contribution in [0.2, 0.25) is 0 Å². The summed E-state index contributed by atoms with van der Waals surface area (Å²) in [6.45, 7) is 3.09. The number of carbonyl (C=O) groups excluding carboxylic acids is 2. The maximum Gasteiger partial charge on any atom is 0.242 e. The molecule has 2 N–H and O–H groups in total. The maximum absolute atomic E-state index is 13.0. The molecule has 1 aromatic rings. The van der Waals surface area contributed by atoms with E-state index in [1.165, 1.54) is 5.56 Å². The first-order chi connectivity index (χ1) is 12.6. The van der Waals surface area contributed by atoms with Gasteiger partial charge in [-0.2, -0.15) is 0 Å². The van der Waals surface area contributed by atoms with E-state index in [2.05, 4.69) is 6.07 Å². The fourth-order valence-corrected chi connectivity index (χ4v) is 4.38. The van der Waals surface area contributed by atoms with Crippen molar-refractivity contribution >= 4 is 17.5 Å². The molecule has 0 aliphatic carbocycles. The summed E-state index contributed by atoms with van der Waals surface area (Å²) in [6, 6.07) is 8.14. The van der Waals surface area contributed by atoms with Crippen molar-refractivity contribution < 1.29 is 14.3 Å². The molecule has 0 radical (unpaired) electrons. The fourth-order valence-electron chi connectivity index (χ4n) is 4.38. The summed E-state index contributed by atoms with van der Waals surface area (Å²) >= 11 is 0. The van der Waals surface area contributed by atoms with Gasteiger partial charge in [-0.25, -0.2) is 0 Å². The first kappa shape index (κ1) is 17.5. The zero-order valence-electron chi connectivity index (χ0n) is 15.2. The van der Waals surface area contributed by atoms with Gasteiger partial charge in [-0.05, 0) is 43.7 Å². The summed E-state index contributed by atoms with van der Waals surface area (Å²) < 4.78 is 5.34. The van der Waals surface area contributed by atoms with E-state index in [1.54, 1.807) is 0 Å². The van der Waals surface area contributed by atoms with Crippen molar-refractivity contribution in [2.75, 3.05) is 37.7 Å². The van der Waals surface area contributed by atoms with E-state index in [0.717, 1.165) is 31.5 Å². The van der Waals surface area contributed by atoms with Crippen LogP contribution in [0.25, 0.3) is 0 Å². The molecule has 140 valence electrons. The van der Waals surface area contributed by atoms with Crippen LogP contribution in [0.4, 0.5) is 5.69 Å². The molecule has 6 nitrogen and oxygen atoms in total. The number of carbonyl (C=O) groups is 2. The van der Waals surface area contributed by atoms with Crippen molar-refractivity contribution in [2.24, 2.45) is 11.7 Å². The molecule has 2 amide bonds. The highest BCUT2D eigenvalue weighted by Crippen LogP contribution is 2.31. The third-order valence-corrected chi connectivity index (χ3v) is 6.10. The minimum atomic E-state index is -0.789. The van der Waals surface area contributed by atoms with Gasteiger partial charge >= 0.3 is 0 Å². The smallest absolute Gasteiger partial charge is 0.242 e. The molecule has 0 aromatic heterocycles. The Kier molecular flexibility index (Phi) is 4.71. The average molecular weight is 357 g/mol. The normalized spacial score (nSPS) is 23.0. The largest absolute Gasteiger partial charge is 0.381 e. The molecule has 0 atom stereocenters. The average Bonchev–Trinajstić information content (AvgIpc) is 3.12. The number of fused-ring (bicyclic) bond motifs is 1. The van der Waals surface area contributed by atoms with Gasteiger partial charge in [0, 0.05) is 44.5 Å². The minimum Gasteiger partial charge on any atom is -0.381 e. The number of hydrogen-bond donors (Lipinski definition) is 1. The number of amides is 2. The molecule has 3 aliphatic heterocycles. The highest BCUT2D eigenvalue weighted by atomic mass is 16.5. The summed E-state index contributed by atoms with van der Waals surface area (Å²) in [5.41, 5.74) is 7.85. The van der Waals surface area contributed by atoms with E-state index in [-0.39, 0.29) is 17.7 Å². The summed E-state index contributed by atoms with van der Waals surface area (Å²) in [7, 11) is 0. The first-order valence-electron chi connectivity index (χ1n) is 9.64. The molecule has 0 unspecified atom stereocenters. The molecule has 0 spiro atoms. The Morgan fingerprint density at radius 1 is 1.08 bits per heavy atom. The second-order valence-corrected chi connectivity index (χ2v) is 7.70. The van der Waals surface area contributed by atoms with Gasteiger partial charge in [0.05, 0.1) is 5.54 Å². The van der Waals surface area contributed by atoms with Gasteiger partial charge in [-0.1, -0.05) is 18.2 Å². The molecule has 1 aromatic carbocycles. The number of para-hydroxylation sites is 1. The lowest BCUT2D eigenvalue weighted by atomic mass is 9.87. The Balaban J connectivity index is 1.37. The van der Waals surface area contributed by atoms with Crippen LogP contribution in [-0.4, -0.2) is 55.1 Å². The fraction of sp³-hybridized carbons (Fsp3) is 0.600. The molecule has 0 bridgehead atoms. The number of nitrogens with two attached hydrogens (primary N) is 1. The zero-order chi connectivity index (χ0) is 18.1. The quantitative estimate of drug-likeness (QED) is 0.866. The van der Waals surface area contributed by atoms with Crippen LogP contribution in [0.1, 0.15) is 31.2 Å². The monoisotopic (exact) mass is 357 g/mol. The van der Waals surface area contributed by atoms with Crippen LogP contribution in [-0.2, 0) is 20.7 Å². The summed E-state index contributed by atoms with van der Waals surface area (Å²) in [4.78, 5) is 29.6.